The molecule has 0 rings (SSSR count). The zero-order valence-corrected chi connectivity index (χ0v) is 17.1. The van der Waals surface area contributed by atoms with Crippen molar-refractivity contribution in [2.24, 2.45) is 5.41 Å². The third kappa shape index (κ3) is 12.4. The molecule has 0 aliphatic rings. The molecule has 0 amide bonds. The van der Waals surface area contributed by atoms with Crippen LogP contribution in [0, 0.1) is 5.41 Å². The van der Waals surface area contributed by atoms with Crippen molar-refractivity contribution in [2.75, 3.05) is 26.4 Å². The lowest BCUT2D eigenvalue weighted by molar-refractivity contribution is -0.165. The lowest BCUT2D eigenvalue weighted by atomic mass is 9.92. The molecule has 0 aliphatic heterocycles. The van der Waals surface area contributed by atoms with Gasteiger partial charge in [-0.3, -0.25) is 14.4 Å². The van der Waals surface area contributed by atoms with E-state index >= 15 is 0 Å². The van der Waals surface area contributed by atoms with Gasteiger partial charge >= 0.3 is 17.9 Å². The first-order valence-corrected chi connectivity index (χ1v) is 10.0. The third-order valence-corrected chi connectivity index (χ3v) is 4.16. The van der Waals surface area contributed by atoms with Crippen LogP contribution >= 0.6 is 0 Å². The molecule has 7 nitrogen and oxygen atoms in total. The molecular formula is C20H36O7. The maximum Gasteiger partial charge on any atom is 0.305 e. The Balaban J connectivity index is 4.82. The summed E-state index contributed by atoms with van der Waals surface area (Å²) in [6.45, 7) is 4.96. The molecule has 0 fully saturated rings. The molecule has 158 valence electrons. The van der Waals surface area contributed by atoms with Crippen molar-refractivity contribution >= 4 is 17.9 Å². The van der Waals surface area contributed by atoms with Crippen LogP contribution in [0.4, 0.5) is 0 Å². The van der Waals surface area contributed by atoms with Crippen LogP contribution in [0.1, 0.15) is 78.6 Å². The van der Waals surface area contributed by atoms with Gasteiger partial charge in [-0.1, -0.05) is 40.0 Å². The van der Waals surface area contributed by atoms with Crippen LogP contribution in [0.5, 0.6) is 0 Å². The molecule has 0 spiro atoms. The zero-order chi connectivity index (χ0) is 20.5. The summed E-state index contributed by atoms with van der Waals surface area (Å²) in [5.74, 6) is -1.15. The summed E-state index contributed by atoms with van der Waals surface area (Å²) in [6.07, 6.45) is 5.58. The Hall–Kier alpha value is -1.63. The number of aliphatic hydroxyl groups excluding tert-OH is 1. The molecule has 0 bridgehead atoms. The molecule has 27 heavy (non-hydrogen) atoms. The van der Waals surface area contributed by atoms with Crippen molar-refractivity contribution in [3.05, 3.63) is 0 Å². The van der Waals surface area contributed by atoms with E-state index < -0.39 is 12.0 Å². The van der Waals surface area contributed by atoms with Gasteiger partial charge in [0, 0.05) is 19.3 Å². The SMILES string of the molecule is CCCCC(=O)OCC(CO)(COC(=O)CCCC)COC(=O)CCCC. The van der Waals surface area contributed by atoms with Gasteiger partial charge in [0.1, 0.15) is 19.8 Å². The molecule has 0 aromatic rings. The topological polar surface area (TPSA) is 99.1 Å². The van der Waals surface area contributed by atoms with E-state index in [2.05, 4.69) is 0 Å². The fourth-order valence-electron chi connectivity index (χ4n) is 2.14. The highest BCUT2D eigenvalue weighted by Crippen LogP contribution is 2.21. The van der Waals surface area contributed by atoms with Crippen LogP contribution in [0.15, 0.2) is 0 Å². The molecule has 0 aromatic carbocycles. The van der Waals surface area contributed by atoms with Gasteiger partial charge in [0.25, 0.3) is 0 Å². The average Bonchev–Trinajstić information content (AvgIpc) is 2.68. The molecule has 7 heteroatoms. The molecular weight excluding hydrogens is 352 g/mol. The first kappa shape index (κ1) is 25.4. The van der Waals surface area contributed by atoms with Gasteiger partial charge in [-0.25, -0.2) is 0 Å². The lowest BCUT2D eigenvalue weighted by Gasteiger charge is -2.30. The zero-order valence-electron chi connectivity index (χ0n) is 17.1. The van der Waals surface area contributed by atoms with Crippen LogP contribution in [-0.2, 0) is 28.6 Å². The Bertz CT molecular complexity index is 374. The van der Waals surface area contributed by atoms with E-state index in [-0.39, 0.29) is 57.0 Å². The summed E-state index contributed by atoms with van der Waals surface area (Å²) >= 11 is 0. The molecule has 1 N–H and O–H groups in total. The van der Waals surface area contributed by atoms with Crippen molar-refractivity contribution in [3.8, 4) is 0 Å². The minimum Gasteiger partial charge on any atom is -0.465 e. The molecule has 0 saturated carbocycles. The fourth-order valence-corrected chi connectivity index (χ4v) is 2.14. The predicted molar refractivity (Wildman–Crippen MR) is 101 cm³/mol. The van der Waals surface area contributed by atoms with Gasteiger partial charge in [0.2, 0.25) is 0 Å². The van der Waals surface area contributed by atoms with E-state index in [9.17, 15) is 19.5 Å². The van der Waals surface area contributed by atoms with Crippen LogP contribution < -0.4 is 0 Å². The van der Waals surface area contributed by atoms with Crippen LogP contribution in [0.3, 0.4) is 0 Å². The number of aliphatic hydroxyl groups is 1. The average molecular weight is 389 g/mol. The molecule has 0 saturated heterocycles. The number of rotatable bonds is 16. The summed E-state index contributed by atoms with van der Waals surface area (Å²) < 4.78 is 15.7. The van der Waals surface area contributed by atoms with Crippen molar-refractivity contribution in [2.45, 2.75) is 78.6 Å². The van der Waals surface area contributed by atoms with Crippen molar-refractivity contribution < 1.29 is 33.7 Å². The van der Waals surface area contributed by atoms with Crippen LogP contribution in [0.2, 0.25) is 0 Å². The minimum atomic E-state index is -1.15. The summed E-state index contributed by atoms with van der Waals surface area (Å²) in [5, 5.41) is 9.87. The highest BCUT2D eigenvalue weighted by atomic mass is 16.6. The van der Waals surface area contributed by atoms with Crippen LogP contribution in [0.25, 0.3) is 0 Å². The van der Waals surface area contributed by atoms with E-state index in [1.807, 2.05) is 20.8 Å². The van der Waals surface area contributed by atoms with Crippen LogP contribution in [-0.4, -0.2) is 49.4 Å². The normalized spacial score (nSPS) is 11.1. The molecule has 0 aliphatic carbocycles. The lowest BCUT2D eigenvalue weighted by Crippen LogP contribution is -2.42. The van der Waals surface area contributed by atoms with E-state index in [1.54, 1.807) is 0 Å². The van der Waals surface area contributed by atoms with Gasteiger partial charge in [0.05, 0.1) is 12.0 Å². The van der Waals surface area contributed by atoms with Gasteiger partial charge in [-0.2, -0.15) is 0 Å². The summed E-state index contributed by atoms with van der Waals surface area (Å²) in [7, 11) is 0. The largest absolute Gasteiger partial charge is 0.465 e. The first-order valence-electron chi connectivity index (χ1n) is 10.0. The van der Waals surface area contributed by atoms with Crippen molar-refractivity contribution in [3.63, 3.8) is 0 Å². The van der Waals surface area contributed by atoms with E-state index in [4.69, 9.17) is 14.2 Å². The molecule has 0 aromatic heterocycles. The fraction of sp³-hybridized carbons (Fsp3) is 0.850. The molecule has 0 heterocycles. The van der Waals surface area contributed by atoms with E-state index in [0.717, 1.165) is 19.3 Å². The summed E-state index contributed by atoms with van der Waals surface area (Å²) in [4.78, 5) is 35.4. The predicted octanol–water partition coefficient (Wildman–Crippen LogP) is 3.17. The number of unbranched alkanes of at least 4 members (excludes halogenated alkanes) is 3. The molecule has 0 unspecified atom stereocenters. The maximum absolute atomic E-state index is 11.8. The van der Waals surface area contributed by atoms with Gasteiger partial charge in [0.15, 0.2) is 0 Å². The first-order chi connectivity index (χ1) is 12.9. The second kappa shape index (κ2) is 15.4. The molecule has 0 atom stereocenters. The van der Waals surface area contributed by atoms with E-state index in [0.29, 0.717) is 19.3 Å². The van der Waals surface area contributed by atoms with Gasteiger partial charge in [-0.05, 0) is 19.3 Å². The number of hydrogen-bond donors (Lipinski definition) is 1. The summed E-state index contributed by atoms with van der Waals surface area (Å²) in [5.41, 5.74) is -1.15. The number of ether oxygens (including phenoxy) is 3. The number of carbonyl (C=O) groups is 3. The Labute approximate surface area is 162 Å². The van der Waals surface area contributed by atoms with Crippen molar-refractivity contribution in [1.82, 2.24) is 0 Å². The Morgan fingerprint density at radius 2 is 0.963 bits per heavy atom. The molecule has 0 radical (unpaired) electrons. The Morgan fingerprint density at radius 1 is 0.667 bits per heavy atom. The van der Waals surface area contributed by atoms with Crippen molar-refractivity contribution in [1.29, 1.82) is 0 Å². The second-order valence-corrected chi connectivity index (χ2v) is 6.95. The monoisotopic (exact) mass is 388 g/mol. The maximum atomic E-state index is 11.8. The minimum absolute atomic E-state index is 0.172. The quantitative estimate of drug-likeness (QED) is 0.320. The smallest absolute Gasteiger partial charge is 0.305 e. The Morgan fingerprint density at radius 3 is 1.19 bits per heavy atom. The van der Waals surface area contributed by atoms with E-state index in [1.165, 1.54) is 0 Å². The Kier molecular flexibility index (Phi) is 14.5. The van der Waals surface area contributed by atoms with Gasteiger partial charge in [-0.15, -0.1) is 0 Å². The summed E-state index contributed by atoms with van der Waals surface area (Å²) in [6, 6.07) is 0. The standard InChI is InChI=1S/C20H36O7/c1-4-7-10-17(22)25-14-20(13-21,15-26-18(23)11-8-5-2)16-27-19(24)12-9-6-3/h21H,4-16H2,1-3H3. The number of hydrogen-bond acceptors (Lipinski definition) is 7. The highest BCUT2D eigenvalue weighted by Gasteiger charge is 2.35. The third-order valence-electron chi connectivity index (χ3n) is 4.16. The van der Waals surface area contributed by atoms with Gasteiger partial charge < -0.3 is 19.3 Å². The second-order valence-electron chi connectivity index (χ2n) is 6.95. The number of esters is 3. The number of carbonyl (C=O) groups excluding carboxylic acids is 3. The highest BCUT2D eigenvalue weighted by molar-refractivity contribution is 5.70.